The van der Waals surface area contributed by atoms with Gasteiger partial charge in [-0.15, -0.1) is 0 Å². The van der Waals surface area contributed by atoms with Crippen molar-refractivity contribution in [1.82, 2.24) is 4.90 Å². The number of hydrogen-bond acceptors (Lipinski definition) is 2. The SMILES string of the molecule is CC(C)CN1CCC(N)CC1. The van der Waals surface area contributed by atoms with E-state index in [0.29, 0.717) is 6.04 Å². The van der Waals surface area contributed by atoms with Crippen molar-refractivity contribution in [3.63, 3.8) is 0 Å². The Balaban J connectivity index is 2.17. The van der Waals surface area contributed by atoms with E-state index in [0.717, 1.165) is 5.92 Å². The third kappa shape index (κ3) is 3.21. The molecule has 0 radical (unpaired) electrons. The lowest BCUT2D eigenvalue weighted by atomic mass is 10.0. The van der Waals surface area contributed by atoms with Crippen LogP contribution in [0.1, 0.15) is 26.7 Å². The molecule has 0 spiro atoms. The molecule has 0 aromatic heterocycles. The highest BCUT2D eigenvalue weighted by molar-refractivity contribution is 4.74. The van der Waals surface area contributed by atoms with Crippen molar-refractivity contribution in [2.24, 2.45) is 11.7 Å². The van der Waals surface area contributed by atoms with E-state index in [1.54, 1.807) is 0 Å². The van der Waals surface area contributed by atoms with E-state index in [-0.39, 0.29) is 0 Å². The largest absolute Gasteiger partial charge is 0.328 e. The Labute approximate surface area is 69.8 Å². The van der Waals surface area contributed by atoms with Gasteiger partial charge in [0, 0.05) is 12.6 Å². The Hall–Kier alpha value is -0.0800. The van der Waals surface area contributed by atoms with Crippen molar-refractivity contribution in [2.75, 3.05) is 19.6 Å². The van der Waals surface area contributed by atoms with Crippen LogP contribution < -0.4 is 5.73 Å². The topological polar surface area (TPSA) is 29.3 Å². The summed E-state index contributed by atoms with van der Waals surface area (Å²) in [7, 11) is 0. The van der Waals surface area contributed by atoms with Crippen molar-refractivity contribution in [1.29, 1.82) is 0 Å². The highest BCUT2D eigenvalue weighted by Gasteiger charge is 2.15. The number of likely N-dealkylation sites (tertiary alicyclic amines) is 1. The minimum atomic E-state index is 0.471. The van der Waals surface area contributed by atoms with Gasteiger partial charge in [-0.05, 0) is 31.8 Å². The summed E-state index contributed by atoms with van der Waals surface area (Å²) in [6.07, 6.45) is 2.37. The molecular formula is C9H20N2. The Morgan fingerprint density at radius 1 is 1.36 bits per heavy atom. The summed E-state index contributed by atoms with van der Waals surface area (Å²) in [6, 6.07) is 0.471. The normalized spacial score (nSPS) is 22.9. The zero-order valence-electron chi connectivity index (χ0n) is 7.71. The maximum atomic E-state index is 5.80. The van der Waals surface area contributed by atoms with Gasteiger partial charge in [-0.2, -0.15) is 0 Å². The molecule has 0 saturated carbocycles. The van der Waals surface area contributed by atoms with E-state index in [1.807, 2.05) is 0 Å². The molecule has 1 aliphatic rings. The van der Waals surface area contributed by atoms with Crippen LogP contribution in [0.25, 0.3) is 0 Å². The first-order valence-electron chi connectivity index (χ1n) is 4.66. The first-order chi connectivity index (χ1) is 5.18. The molecule has 0 aromatic rings. The lowest BCUT2D eigenvalue weighted by Gasteiger charge is -2.31. The van der Waals surface area contributed by atoms with E-state index in [4.69, 9.17) is 5.73 Å². The first-order valence-corrected chi connectivity index (χ1v) is 4.66. The van der Waals surface area contributed by atoms with Gasteiger partial charge >= 0.3 is 0 Å². The zero-order chi connectivity index (χ0) is 8.27. The molecule has 0 aliphatic carbocycles. The van der Waals surface area contributed by atoms with Crippen molar-refractivity contribution in [2.45, 2.75) is 32.7 Å². The smallest absolute Gasteiger partial charge is 0.00631 e. The van der Waals surface area contributed by atoms with E-state index in [9.17, 15) is 0 Å². The number of nitrogens with two attached hydrogens (primary N) is 1. The molecule has 1 fully saturated rings. The quantitative estimate of drug-likeness (QED) is 0.648. The van der Waals surface area contributed by atoms with Gasteiger partial charge in [0.25, 0.3) is 0 Å². The molecule has 0 amide bonds. The lowest BCUT2D eigenvalue weighted by molar-refractivity contribution is 0.193. The van der Waals surface area contributed by atoms with Crippen LogP contribution in [-0.2, 0) is 0 Å². The standard InChI is InChI=1S/C9H20N2/c1-8(2)7-11-5-3-9(10)4-6-11/h8-9H,3-7,10H2,1-2H3. The molecule has 1 aliphatic heterocycles. The molecule has 2 heteroatoms. The second kappa shape index (κ2) is 4.07. The van der Waals surface area contributed by atoms with Crippen molar-refractivity contribution in [3.8, 4) is 0 Å². The second-order valence-corrected chi connectivity index (χ2v) is 4.03. The van der Waals surface area contributed by atoms with Crippen LogP contribution in [-0.4, -0.2) is 30.6 Å². The summed E-state index contributed by atoms with van der Waals surface area (Å²) in [5.41, 5.74) is 5.80. The van der Waals surface area contributed by atoms with Crippen molar-refractivity contribution in [3.05, 3.63) is 0 Å². The Morgan fingerprint density at radius 2 is 1.91 bits per heavy atom. The Kier molecular flexibility index (Phi) is 3.34. The Morgan fingerprint density at radius 3 is 2.36 bits per heavy atom. The van der Waals surface area contributed by atoms with Gasteiger partial charge in [0.1, 0.15) is 0 Å². The molecular weight excluding hydrogens is 136 g/mol. The maximum Gasteiger partial charge on any atom is 0.00631 e. The molecule has 1 saturated heterocycles. The van der Waals surface area contributed by atoms with Gasteiger partial charge in [0.15, 0.2) is 0 Å². The molecule has 0 atom stereocenters. The lowest BCUT2D eigenvalue weighted by Crippen LogP contribution is -2.41. The average molecular weight is 156 g/mol. The third-order valence-corrected chi connectivity index (χ3v) is 2.26. The predicted molar refractivity (Wildman–Crippen MR) is 48.5 cm³/mol. The van der Waals surface area contributed by atoms with Gasteiger partial charge in [-0.3, -0.25) is 0 Å². The van der Waals surface area contributed by atoms with E-state index < -0.39 is 0 Å². The summed E-state index contributed by atoms with van der Waals surface area (Å²) in [5.74, 6) is 0.796. The van der Waals surface area contributed by atoms with Gasteiger partial charge in [-0.1, -0.05) is 13.8 Å². The first kappa shape index (κ1) is 9.01. The van der Waals surface area contributed by atoms with Gasteiger partial charge in [0.2, 0.25) is 0 Å². The minimum absolute atomic E-state index is 0.471. The number of hydrogen-bond donors (Lipinski definition) is 1. The number of nitrogens with zero attached hydrogens (tertiary/aromatic N) is 1. The van der Waals surface area contributed by atoms with Crippen LogP contribution in [0.4, 0.5) is 0 Å². The molecule has 11 heavy (non-hydrogen) atoms. The fourth-order valence-electron chi connectivity index (χ4n) is 1.65. The zero-order valence-corrected chi connectivity index (χ0v) is 7.71. The van der Waals surface area contributed by atoms with E-state index >= 15 is 0 Å². The molecule has 0 bridgehead atoms. The van der Waals surface area contributed by atoms with E-state index in [2.05, 4.69) is 18.7 Å². The van der Waals surface area contributed by atoms with Crippen LogP contribution in [0.15, 0.2) is 0 Å². The Bertz CT molecular complexity index is 104. The summed E-state index contributed by atoms with van der Waals surface area (Å²) >= 11 is 0. The number of rotatable bonds is 2. The van der Waals surface area contributed by atoms with Gasteiger partial charge < -0.3 is 10.6 Å². The molecule has 1 heterocycles. The van der Waals surface area contributed by atoms with Crippen molar-refractivity contribution >= 4 is 0 Å². The molecule has 2 N–H and O–H groups in total. The van der Waals surface area contributed by atoms with Crippen LogP contribution in [0.2, 0.25) is 0 Å². The van der Waals surface area contributed by atoms with Gasteiger partial charge in [0.05, 0.1) is 0 Å². The predicted octanol–water partition coefficient (Wildman–Crippen LogP) is 1.07. The highest BCUT2D eigenvalue weighted by Crippen LogP contribution is 2.09. The van der Waals surface area contributed by atoms with Crippen LogP contribution >= 0.6 is 0 Å². The monoisotopic (exact) mass is 156 g/mol. The molecule has 0 unspecified atom stereocenters. The minimum Gasteiger partial charge on any atom is -0.328 e. The van der Waals surface area contributed by atoms with Crippen LogP contribution in [0.5, 0.6) is 0 Å². The fraction of sp³-hybridized carbons (Fsp3) is 1.00. The molecule has 2 nitrogen and oxygen atoms in total. The van der Waals surface area contributed by atoms with Gasteiger partial charge in [-0.25, -0.2) is 0 Å². The third-order valence-electron chi connectivity index (χ3n) is 2.26. The summed E-state index contributed by atoms with van der Waals surface area (Å²) in [4.78, 5) is 2.52. The van der Waals surface area contributed by atoms with E-state index in [1.165, 1.54) is 32.5 Å². The second-order valence-electron chi connectivity index (χ2n) is 4.03. The fourth-order valence-corrected chi connectivity index (χ4v) is 1.65. The molecule has 0 aromatic carbocycles. The maximum absolute atomic E-state index is 5.80. The molecule has 66 valence electrons. The average Bonchev–Trinajstić information content (AvgIpc) is 1.93. The highest BCUT2D eigenvalue weighted by atomic mass is 15.1. The van der Waals surface area contributed by atoms with Crippen LogP contribution in [0.3, 0.4) is 0 Å². The molecule has 1 rings (SSSR count). The summed E-state index contributed by atoms with van der Waals surface area (Å²) < 4.78 is 0. The van der Waals surface area contributed by atoms with Crippen molar-refractivity contribution < 1.29 is 0 Å². The summed E-state index contributed by atoms with van der Waals surface area (Å²) in [5, 5.41) is 0. The summed E-state index contributed by atoms with van der Waals surface area (Å²) in [6.45, 7) is 8.20. The number of piperidine rings is 1. The van der Waals surface area contributed by atoms with Crippen LogP contribution in [0, 0.1) is 5.92 Å².